The number of hydrogen-bond acceptors (Lipinski definition) is 2. The minimum absolute atomic E-state index is 0.390. The van der Waals surface area contributed by atoms with Crippen LogP contribution in [-0.2, 0) is 0 Å². The molecule has 0 aliphatic carbocycles. The van der Waals surface area contributed by atoms with Crippen molar-refractivity contribution < 1.29 is 18.3 Å². The summed E-state index contributed by atoms with van der Waals surface area (Å²) in [6, 6.07) is 6.11. The summed E-state index contributed by atoms with van der Waals surface area (Å²) in [5.41, 5.74) is 0.606. The molecule has 1 aromatic carbocycles. The van der Waals surface area contributed by atoms with E-state index in [0.717, 1.165) is 0 Å². The highest BCUT2D eigenvalue weighted by atomic mass is 79.9. The molecule has 0 radical (unpaired) electrons. The van der Waals surface area contributed by atoms with Crippen LogP contribution in [0.15, 0.2) is 28.7 Å². The second kappa shape index (κ2) is 5.65. The van der Waals surface area contributed by atoms with Gasteiger partial charge in [0.2, 0.25) is 0 Å². The quantitative estimate of drug-likeness (QED) is 0.895. The zero-order valence-corrected chi connectivity index (χ0v) is 9.85. The minimum Gasteiger partial charge on any atom is -0.394 e. The summed E-state index contributed by atoms with van der Waals surface area (Å²) in [7, 11) is 0. The van der Waals surface area contributed by atoms with Crippen LogP contribution in [0.2, 0.25) is 0 Å². The third-order valence-corrected chi connectivity index (χ3v) is 2.73. The van der Waals surface area contributed by atoms with Gasteiger partial charge in [0, 0.05) is 4.47 Å². The van der Waals surface area contributed by atoms with Crippen molar-refractivity contribution in [3.8, 4) is 0 Å². The Kier molecular flexibility index (Phi) is 4.76. The minimum atomic E-state index is -4.28. The Morgan fingerprint density at radius 1 is 1.31 bits per heavy atom. The van der Waals surface area contributed by atoms with E-state index in [1.54, 1.807) is 24.3 Å². The molecule has 1 atom stereocenters. The van der Waals surface area contributed by atoms with Gasteiger partial charge in [-0.05, 0) is 11.6 Å². The highest BCUT2D eigenvalue weighted by Gasteiger charge is 2.28. The molecule has 1 unspecified atom stereocenters. The Morgan fingerprint density at radius 2 is 1.94 bits per heavy atom. The van der Waals surface area contributed by atoms with E-state index < -0.39 is 25.4 Å². The zero-order chi connectivity index (χ0) is 12.2. The van der Waals surface area contributed by atoms with E-state index in [1.165, 1.54) is 0 Å². The van der Waals surface area contributed by atoms with E-state index in [1.807, 2.05) is 0 Å². The van der Waals surface area contributed by atoms with E-state index >= 15 is 0 Å². The van der Waals surface area contributed by atoms with Gasteiger partial charge in [0.05, 0.1) is 19.2 Å². The molecular weight excluding hydrogens is 287 g/mol. The molecule has 16 heavy (non-hydrogen) atoms. The Balaban J connectivity index is 2.72. The third-order valence-electron chi connectivity index (χ3n) is 2.01. The SMILES string of the molecule is OCC(NCC(F)(F)F)c1ccccc1Br. The van der Waals surface area contributed by atoms with Crippen LogP contribution in [0.25, 0.3) is 0 Å². The second-order valence-electron chi connectivity index (χ2n) is 3.25. The summed E-state index contributed by atoms with van der Waals surface area (Å²) < 4.78 is 36.7. The summed E-state index contributed by atoms with van der Waals surface area (Å²) in [6.07, 6.45) is -4.28. The molecule has 0 aliphatic rings. The van der Waals surface area contributed by atoms with Crippen LogP contribution >= 0.6 is 15.9 Å². The fraction of sp³-hybridized carbons (Fsp3) is 0.400. The molecule has 0 heterocycles. The first-order valence-electron chi connectivity index (χ1n) is 4.59. The Morgan fingerprint density at radius 3 is 2.44 bits per heavy atom. The van der Waals surface area contributed by atoms with Crippen LogP contribution in [-0.4, -0.2) is 24.4 Å². The molecular formula is C10H11BrF3NO. The van der Waals surface area contributed by atoms with Gasteiger partial charge in [0.15, 0.2) is 0 Å². The van der Waals surface area contributed by atoms with Crippen molar-refractivity contribution >= 4 is 15.9 Å². The molecule has 0 aliphatic heterocycles. The molecule has 2 N–H and O–H groups in total. The van der Waals surface area contributed by atoms with Gasteiger partial charge in [-0.3, -0.25) is 5.32 Å². The summed E-state index contributed by atoms with van der Waals surface area (Å²) in [5.74, 6) is 0. The van der Waals surface area contributed by atoms with Gasteiger partial charge < -0.3 is 5.11 Å². The number of aliphatic hydroxyl groups is 1. The highest BCUT2D eigenvalue weighted by molar-refractivity contribution is 9.10. The molecule has 0 saturated carbocycles. The molecule has 0 aromatic heterocycles. The van der Waals surface area contributed by atoms with E-state index in [-0.39, 0.29) is 0 Å². The van der Waals surface area contributed by atoms with Crippen LogP contribution in [0.5, 0.6) is 0 Å². The number of hydrogen-bond donors (Lipinski definition) is 2. The van der Waals surface area contributed by atoms with Crippen molar-refractivity contribution in [2.75, 3.05) is 13.2 Å². The van der Waals surface area contributed by atoms with Crippen LogP contribution < -0.4 is 5.32 Å². The fourth-order valence-corrected chi connectivity index (χ4v) is 1.83. The van der Waals surface area contributed by atoms with Crippen molar-refractivity contribution in [3.05, 3.63) is 34.3 Å². The Labute approximate surface area is 99.6 Å². The van der Waals surface area contributed by atoms with Gasteiger partial charge in [0.1, 0.15) is 0 Å². The van der Waals surface area contributed by atoms with Gasteiger partial charge in [-0.2, -0.15) is 13.2 Å². The average molecular weight is 298 g/mol. The highest BCUT2D eigenvalue weighted by Crippen LogP contribution is 2.24. The molecule has 1 rings (SSSR count). The number of nitrogens with one attached hydrogen (secondary N) is 1. The zero-order valence-electron chi connectivity index (χ0n) is 8.26. The molecule has 6 heteroatoms. The number of rotatable bonds is 4. The number of benzene rings is 1. The molecule has 2 nitrogen and oxygen atoms in total. The summed E-state index contributed by atoms with van der Waals surface area (Å²) in [5, 5.41) is 11.3. The number of aliphatic hydroxyl groups excluding tert-OH is 1. The fourth-order valence-electron chi connectivity index (χ4n) is 1.27. The van der Waals surface area contributed by atoms with Crippen LogP contribution in [0.1, 0.15) is 11.6 Å². The Bertz CT molecular complexity index is 343. The van der Waals surface area contributed by atoms with E-state index in [2.05, 4.69) is 21.2 Å². The first kappa shape index (κ1) is 13.5. The van der Waals surface area contributed by atoms with Crippen molar-refractivity contribution in [3.63, 3.8) is 0 Å². The lowest BCUT2D eigenvalue weighted by molar-refractivity contribution is -0.126. The standard InChI is InChI=1S/C10H11BrF3NO/c11-8-4-2-1-3-7(8)9(5-16)15-6-10(12,13)14/h1-4,9,15-16H,5-6H2. The lowest BCUT2D eigenvalue weighted by atomic mass is 10.1. The number of alkyl halides is 3. The first-order valence-corrected chi connectivity index (χ1v) is 5.39. The molecule has 1 aromatic rings. The maximum Gasteiger partial charge on any atom is 0.401 e. The molecule has 0 amide bonds. The normalized spacial score (nSPS) is 13.8. The number of halogens is 4. The lowest BCUT2D eigenvalue weighted by Crippen LogP contribution is -2.33. The predicted octanol–water partition coefficient (Wildman–Crippen LogP) is 2.63. The van der Waals surface area contributed by atoms with Gasteiger partial charge >= 0.3 is 6.18 Å². The maximum absolute atomic E-state index is 12.0. The maximum atomic E-state index is 12.0. The van der Waals surface area contributed by atoms with Crippen molar-refractivity contribution in [1.82, 2.24) is 5.32 Å². The summed E-state index contributed by atoms with van der Waals surface area (Å²) in [6.45, 7) is -1.52. The molecule has 90 valence electrons. The van der Waals surface area contributed by atoms with Crippen molar-refractivity contribution in [1.29, 1.82) is 0 Å². The van der Waals surface area contributed by atoms with E-state index in [0.29, 0.717) is 10.0 Å². The molecule has 0 bridgehead atoms. The van der Waals surface area contributed by atoms with Gasteiger partial charge in [-0.25, -0.2) is 0 Å². The first-order chi connectivity index (χ1) is 7.44. The monoisotopic (exact) mass is 297 g/mol. The van der Waals surface area contributed by atoms with E-state index in [9.17, 15) is 13.2 Å². The summed E-state index contributed by atoms with van der Waals surface area (Å²) >= 11 is 3.23. The second-order valence-corrected chi connectivity index (χ2v) is 4.11. The largest absolute Gasteiger partial charge is 0.401 e. The van der Waals surface area contributed by atoms with Crippen LogP contribution in [0, 0.1) is 0 Å². The van der Waals surface area contributed by atoms with Crippen LogP contribution in [0.3, 0.4) is 0 Å². The molecule has 0 spiro atoms. The molecule has 0 saturated heterocycles. The van der Waals surface area contributed by atoms with Crippen molar-refractivity contribution in [2.24, 2.45) is 0 Å². The molecule has 0 fully saturated rings. The average Bonchev–Trinajstić information content (AvgIpc) is 2.20. The van der Waals surface area contributed by atoms with Gasteiger partial charge in [-0.15, -0.1) is 0 Å². The van der Waals surface area contributed by atoms with Gasteiger partial charge in [0.25, 0.3) is 0 Å². The van der Waals surface area contributed by atoms with Crippen molar-refractivity contribution in [2.45, 2.75) is 12.2 Å². The smallest absolute Gasteiger partial charge is 0.394 e. The van der Waals surface area contributed by atoms with E-state index in [4.69, 9.17) is 5.11 Å². The van der Waals surface area contributed by atoms with Gasteiger partial charge in [-0.1, -0.05) is 34.1 Å². The Hall–Kier alpha value is -0.590. The van der Waals surface area contributed by atoms with Crippen LogP contribution in [0.4, 0.5) is 13.2 Å². The topological polar surface area (TPSA) is 32.3 Å². The lowest BCUT2D eigenvalue weighted by Gasteiger charge is -2.19. The summed E-state index contributed by atoms with van der Waals surface area (Å²) in [4.78, 5) is 0. The third kappa shape index (κ3) is 4.11. The predicted molar refractivity (Wildman–Crippen MR) is 58.0 cm³/mol.